The first kappa shape index (κ1) is 56.4. The molecule has 0 aliphatic heterocycles. The normalized spacial score (nSPS) is 15.1. The third-order valence-electron chi connectivity index (χ3n) is 10.5. The Balaban J connectivity index is 1.95. The third kappa shape index (κ3) is 18.7. The molecular formula is C45H72N10O10S. The number of amides is 8. The Labute approximate surface area is 392 Å². The van der Waals surface area contributed by atoms with Crippen LogP contribution < -0.4 is 48.3 Å². The number of thiol groups is 1. The lowest BCUT2D eigenvalue weighted by Gasteiger charge is -2.28. The van der Waals surface area contributed by atoms with Gasteiger partial charge in [-0.25, -0.2) is 4.79 Å². The standard InChI is InChI=1S/C45H72N10O10S/c1-22(2)15-32(52-40(59)30(46)18-28-19-47-31-14-12-11-13-29(28)31)41(60)54-35(21-66)43(62)50-26(9)38(57)48-20-36(56)49-27(10)39(58)51-33(16-23(3)4)42(61)55-37(25(7)8)44(63)53-34(45(64)65)17-24(5)6/h11-14,19,22-27,30,32-35,37,47,66H,15-18,20-21,46H2,1-10H3,(H,48,57)(H,49,56)(H,50,62)(H,51,58)(H,52,59)(H,53,63)(H,54,60)(H,55,61)(H,64,65)/t26-,27-,30-,32-,33-,34-,35-,37-/m0/s1. The molecule has 0 unspecified atom stereocenters. The van der Waals surface area contributed by atoms with Crippen LogP contribution in [0.3, 0.4) is 0 Å². The molecule has 20 nitrogen and oxygen atoms in total. The third-order valence-corrected chi connectivity index (χ3v) is 10.8. The lowest BCUT2D eigenvalue weighted by Crippen LogP contribution is -2.59. The monoisotopic (exact) mass is 945 g/mol. The molecule has 2 aromatic rings. The Kier molecular flexibility index (Phi) is 23.1. The van der Waals surface area contributed by atoms with Crippen LogP contribution in [0.2, 0.25) is 0 Å². The molecule has 0 radical (unpaired) electrons. The lowest BCUT2D eigenvalue weighted by molar-refractivity contribution is -0.143. The van der Waals surface area contributed by atoms with Crippen LogP contribution in [0, 0.1) is 23.7 Å². The minimum atomic E-state index is -1.21. The van der Waals surface area contributed by atoms with E-state index >= 15 is 0 Å². The zero-order valence-corrected chi connectivity index (χ0v) is 40.6. The van der Waals surface area contributed by atoms with Crippen molar-refractivity contribution in [1.29, 1.82) is 0 Å². The van der Waals surface area contributed by atoms with Gasteiger partial charge < -0.3 is 58.4 Å². The first-order valence-corrected chi connectivity index (χ1v) is 23.0. The molecule has 66 heavy (non-hydrogen) atoms. The van der Waals surface area contributed by atoms with Gasteiger partial charge in [0.1, 0.15) is 42.3 Å². The van der Waals surface area contributed by atoms with Gasteiger partial charge >= 0.3 is 5.97 Å². The summed E-state index contributed by atoms with van der Waals surface area (Å²) in [6.45, 7) is 16.5. The van der Waals surface area contributed by atoms with Crippen molar-refractivity contribution < 1.29 is 48.3 Å². The number of nitrogens with one attached hydrogen (secondary N) is 9. The fourth-order valence-electron chi connectivity index (χ4n) is 6.88. The van der Waals surface area contributed by atoms with Gasteiger partial charge in [-0.15, -0.1) is 0 Å². The predicted octanol–water partition coefficient (Wildman–Crippen LogP) is 0.396. The van der Waals surface area contributed by atoms with Crippen molar-refractivity contribution in [2.75, 3.05) is 12.3 Å². The second-order valence-electron chi connectivity index (χ2n) is 18.3. The van der Waals surface area contributed by atoms with Crippen LogP contribution in [-0.2, 0) is 49.6 Å². The quantitative estimate of drug-likeness (QED) is 0.0544. The average Bonchev–Trinajstić information content (AvgIpc) is 3.64. The number of hydrogen-bond donors (Lipinski definition) is 12. The number of para-hydroxylation sites is 1. The summed E-state index contributed by atoms with van der Waals surface area (Å²) in [6.07, 6.45) is 2.59. The number of carbonyl (C=O) groups excluding carboxylic acids is 8. The zero-order valence-electron chi connectivity index (χ0n) is 39.7. The fraction of sp³-hybridized carbons (Fsp3) is 0.622. The molecule has 0 bridgehead atoms. The molecule has 21 heteroatoms. The number of fused-ring (bicyclic) bond motifs is 1. The highest BCUT2D eigenvalue weighted by atomic mass is 32.1. The van der Waals surface area contributed by atoms with Gasteiger partial charge in [-0.1, -0.05) is 73.6 Å². The zero-order chi connectivity index (χ0) is 50.0. The summed E-state index contributed by atoms with van der Waals surface area (Å²) in [5, 5.41) is 30.9. The van der Waals surface area contributed by atoms with Gasteiger partial charge in [-0.2, -0.15) is 12.6 Å². The summed E-state index contributed by atoms with van der Waals surface area (Å²) in [5.41, 5.74) is 8.00. The lowest BCUT2D eigenvalue weighted by atomic mass is 9.98. The van der Waals surface area contributed by atoms with Gasteiger partial charge in [0.05, 0.1) is 12.6 Å². The van der Waals surface area contributed by atoms with Crippen LogP contribution in [0.5, 0.6) is 0 Å². The van der Waals surface area contributed by atoms with Gasteiger partial charge in [0.25, 0.3) is 0 Å². The summed E-state index contributed by atoms with van der Waals surface area (Å²) >= 11 is 4.22. The summed E-state index contributed by atoms with van der Waals surface area (Å²) in [6, 6.07) is -1.37. The van der Waals surface area contributed by atoms with E-state index in [2.05, 4.69) is 60.1 Å². The number of carboxylic acid groups (broad SMARTS) is 1. The Bertz CT molecular complexity index is 2010. The molecule has 0 fully saturated rings. The maximum atomic E-state index is 13.5. The Morgan fingerprint density at radius 2 is 1.08 bits per heavy atom. The number of aromatic amines is 1. The number of carboxylic acids is 1. The number of rotatable bonds is 27. The molecule has 368 valence electrons. The smallest absolute Gasteiger partial charge is 0.326 e. The highest BCUT2D eigenvalue weighted by molar-refractivity contribution is 7.80. The van der Waals surface area contributed by atoms with Crippen molar-refractivity contribution in [2.45, 2.75) is 143 Å². The first-order chi connectivity index (χ1) is 30.8. The van der Waals surface area contributed by atoms with E-state index in [0.29, 0.717) is 0 Å². The molecule has 1 heterocycles. The summed E-state index contributed by atoms with van der Waals surface area (Å²) in [5.74, 6) is -7.50. The summed E-state index contributed by atoms with van der Waals surface area (Å²) < 4.78 is 0. The second-order valence-corrected chi connectivity index (χ2v) is 18.7. The van der Waals surface area contributed by atoms with Crippen LogP contribution in [-0.4, -0.2) is 124 Å². The number of benzene rings is 1. The highest BCUT2D eigenvalue weighted by Crippen LogP contribution is 2.19. The second kappa shape index (κ2) is 27.1. The molecule has 8 atom stereocenters. The largest absolute Gasteiger partial charge is 0.480 e. The topological polar surface area (TPSA) is 312 Å². The fourth-order valence-corrected chi connectivity index (χ4v) is 7.14. The summed E-state index contributed by atoms with van der Waals surface area (Å²) in [4.78, 5) is 120. The highest BCUT2D eigenvalue weighted by Gasteiger charge is 2.34. The molecule has 1 aromatic heterocycles. The van der Waals surface area contributed by atoms with Crippen LogP contribution >= 0.6 is 12.6 Å². The molecule has 2 rings (SSSR count). The predicted molar refractivity (Wildman–Crippen MR) is 253 cm³/mol. The van der Waals surface area contributed by atoms with E-state index < -0.39 is 114 Å². The van der Waals surface area contributed by atoms with Crippen LogP contribution in [0.1, 0.15) is 94.1 Å². The van der Waals surface area contributed by atoms with Crippen LogP contribution in [0.4, 0.5) is 0 Å². The van der Waals surface area contributed by atoms with Gasteiger partial charge in [0, 0.05) is 22.9 Å². The van der Waals surface area contributed by atoms with E-state index in [-0.39, 0.29) is 49.2 Å². The molecular weight excluding hydrogens is 873 g/mol. The SMILES string of the molecule is CC(C)C[C@H](NC(=O)[C@@H](NC(=O)[C@H](CC(C)C)NC(=O)[C@H](C)NC(=O)CNC(=O)[C@H](C)NC(=O)[C@H](CS)NC(=O)[C@H](CC(C)C)NC(=O)[C@@H](N)Cc1c[nH]c2ccccc12)C(C)C)C(=O)O. The van der Waals surface area contributed by atoms with Gasteiger partial charge in [-0.3, -0.25) is 38.4 Å². The molecule has 0 spiro atoms. The van der Waals surface area contributed by atoms with Crippen molar-refractivity contribution >= 4 is 76.8 Å². The number of aromatic nitrogens is 1. The van der Waals surface area contributed by atoms with Gasteiger partial charge in [0.15, 0.2) is 0 Å². The van der Waals surface area contributed by atoms with E-state index in [9.17, 15) is 48.3 Å². The molecule has 0 saturated carbocycles. The molecule has 12 N–H and O–H groups in total. The maximum Gasteiger partial charge on any atom is 0.326 e. The van der Waals surface area contributed by atoms with Crippen molar-refractivity contribution in [2.24, 2.45) is 29.4 Å². The van der Waals surface area contributed by atoms with Crippen molar-refractivity contribution in [3.63, 3.8) is 0 Å². The number of carbonyl (C=O) groups is 9. The van der Waals surface area contributed by atoms with Crippen LogP contribution in [0.15, 0.2) is 30.5 Å². The van der Waals surface area contributed by atoms with E-state index in [1.807, 2.05) is 65.8 Å². The van der Waals surface area contributed by atoms with Crippen molar-refractivity contribution in [3.8, 4) is 0 Å². The molecule has 0 saturated heterocycles. The molecule has 0 aliphatic rings. The Morgan fingerprint density at radius 1 is 0.591 bits per heavy atom. The number of nitrogens with two attached hydrogens (primary N) is 1. The van der Waals surface area contributed by atoms with E-state index in [1.54, 1.807) is 20.0 Å². The molecule has 1 aromatic carbocycles. The van der Waals surface area contributed by atoms with Gasteiger partial charge in [0.2, 0.25) is 47.3 Å². The number of aliphatic carboxylic acids is 1. The van der Waals surface area contributed by atoms with Gasteiger partial charge in [-0.05, 0) is 74.8 Å². The Morgan fingerprint density at radius 3 is 1.62 bits per heavy atom. The number of hydrogen-bond acceptors (Lipinski definition) is 11. The minimum absolute atomic E-state index is 0.0227. The van der Waals surface area contributed by atoms with E-state index in [4.69, 9.17) is 5.73 Å². The average molecular weight is 945 g/mol. The number of H-pyrrole nitrogens is 1. The summed E-state index contributed by atoms with van der Waals surface area (Å²) in [7, 11) is 0. The van der Waals surface area contributed by atoms with E-state index in [0.717, 1.165) is 16.5 Å². The Hall–Kier alpha value is -5.70. The van der Waals surface area contributed by atoms with Crippen LogP contribution in [0.25, 0.3) is 10.9 Å². The van der Waals surface area contributed by atoms with Crippen molar-refractivity contribution in [1.82, 2.24) is 47.5 Å². The molecule has 8 amide bonds. The molecule has 0 aliphatic carbocycles. The maximum absolute atomic E-state index is 13.5. The minimum Gasteiger partial charge on any atom is -0.480 e. The van der Waals surface area contributed by atoms with E-state index in [1.165, 1.54) is 13.8 Å². The van der Waals surface area contributed by atoms with Crippen molar-refractivity contribution in [3.05, 3.63) is 36.0 Å². The first-order valence-electron chi connectivity index (χ1n) is 22.4.